The van der Waals surface area contributed by atoms with Gasteiger partial charge in [-0.2, -0.15) is 0 Å². The van der Waals surface area contributed by atoms with Gasteiger partial charge in [-0.1, -0.05) is 0 Å². The molecule has 2 heterocycles. The fourth-order valence-electron chi connectivity index (χ4n) is 2.99. The Hall–Kier alpha value is -1.55. The number of nitrogens with two attached hydrogens (primary N) is 1. The van der Waals surface area contributed by atoms with Gasteiger partial charge in [0.2, 0.25) is 5.91 Å². The van der Waals surface area contributed by atoms with Crippen molar-refractivity contribution in [1.82, 2.24) is 5.32 Å². The fourth-order valence-corrected chi connectivity index (χ4v) is 2.99. The highest BCUT2D eigenvalue weighted by molar-refractivity contribution is 5.97. The van der Waals surface area contributed by atoms with Crippen molar-refractivity contribution in [3.63, 3.8) is 0 Å². The van der Waals surface area contributed by atoms with Crippen LogP contribution in [0.3, 0.4) is 0 Å². The van der Waals surface area contributed by atoms with E-state index >= 15 is 0 Å². The SMILES string of the molecule is Nc1ccc2c(c1)CCC(=O)N2C1CCCNC1. The molecule has 4 nitrogen and oxygen atoms in total. The zero-order valence-corrected chi connectivity index (χ0v) is 10.5. The number of hydrogen-bond donors (Lipinski definition) is 2. The number of carbonyl (C=O) groups excluding carboxylic acids is 1. The van der Waals surface area contributed by atoms with Crippen molar-refractivity contribution in [2.45, 2.75) is 31.7 Å². The molecule has 0 saturated carbocycles. The fraction of sp³-hybridized carbons (Fsp3) is 0.500. The second kappa shape index (κ2) is 4.61. The number of piperidine rings is 1. The molecule has 1 aromatic carbocycles. The van der Waals surface area contributed by atoms with E-state index in [0.29, 0.717) is 12.5 Å². The monoisotopic (exact) mass is 245 g/mol. The highest BCUT2D eigenvalue weighted by Crippen LogP contribution is 2.32. The predicted molar refractivity (Wildman–Crippen MR) is 72.6 cm³/mol. The van der Waals surface area contributed by atoms with Gasteiger partial charge in [0.15, 0.2) is 0 Å². The number of nitrogens with one attached hydrogen (secondary N) is 1. The molecular weight excluding hydrogens is 226 g/mol. The van der Waals surface area contributed by atoms with E-state index in [1.807, 2.05) is 23.1 Å². The normalized spacial score (nSPS) is 23.9. The Morgan fingerprint density at radius 1 is 1.33 bits per heavy atom. The van der Waals surface area contributed by atoms with Crippen molar-refractivity contribution in [2.24, 2.45) is 0 Å². The van der Waals surface area contributed by atoms with Crippen molar-refractivity contribution >= 4 is 17.3 Å². The Morgan fingerprint density at radius 2 is 2.22 bits per heavy atom. The van der Waals surface area contributed by atoms with E-state index in [0.717, 1.165) is 43.7 Å². The molecule has 1 atom stereocenters. The second-order valence-corrected chi connectivity index (χ2v) is 5.15. The van der Waals surface area contributed by atoms with Crippen molar-refractivity contribution in [3.05, 3.63) is 23.8 Å². The average Bonchev–Trinajstić information content (AvgIpc) is 2.40. The van der Waals surface area contributed by atoms with Gasteiger partial charge in [-0.15, -0.1) is 0 Å². The molecule has 3 N–H and O–H groups in total. The molecule has 3 rings (SSSR count). The Labute approximate surface area is 107 Å². The molecule has 0 bridgehead atoms. The van der Waals surface area contributed by atoms with Gasteiger partial charge >= 0.3 is 0 Å². The molecular formula is C14H19N3O. The van der Waals surface area contributed by atoms with Gasteiger partial charge in [-0.25, -0.2) is 0 Å². The number of fused-ring (bicyclic) bond motifs is 1. The number of rotatable bonds is 1. The maximum Gasteiger partial charge on any atom is 0.227 e. The number of nitrogen functional groups attached to an aromatic ring is 1. The van der Waals surface area contributed by atoms with Crippen LogP contribution in [-0.2, 0) is 11.2 Å². The minimum Gasteiger partial charge on any atom is -0.399 e. The molecule has 0 radical (unpaired) electrons. The molecule has 0 aliphatic carbocycles. The van der Waals surface area contributed by atoms with Gasteiger partial charge < -0.3 is 16.0 Å². The van der Waals surface area contributed by atoms with E-state index in [4.69, 9.17) is 5.73 Å². The molecule has 1 amide bonds. The van der Waals surface area contributed by atoms with Crippen LogP contribution < -0.4 is 16.0 Å². The average molecular weight is 245 g/mol. The van der Waals surface area contributed by atoms with Crippen LogP contribution in [0, 0.1) is 0 Å². The third-order valence-corrected chi connectivity index (χ3v) is 3.88. The largest absolute Gasteiger partial charge is 0.399 e. The summed E-state index contributed by atoms with van der Waals surface area (Å²) < 4.78 is 0. The number of nitrogens with zero attached hydrogens (tertiary/aromatic N) is 1. The van der Waals surface area contributed by atoms with Gasteiger partial charge in [0, 0.05) is 30.4 Å². The number of anilines is 2. The lowest BCUT2D eigenvalue weighted by Gasteiger charge is -2.38. The first kappa shape index (κ1) is 11.5. The second-order valence-electron chi connectivity index (χ2n) is 5.15. The Morgan fingerprint density at radius 3 is 3.00 bits per heavy atom. The summed E-state index contributed by atoms with van der Waals surface area (Å²) in [5, 5.41) is 3.38. The van der Waals surface area contributed by atoms with Crippen molar-refractivity contribution in [2.75, 3.05) is 23.7 Å². The van der Waals surface area contributed by atoms with Gasteiger partial charge in [-0.05, 0) is 49.6 Å². The molecule has 2 aliphatic rings. The van der Waals surface area contributed by atoms with Crippen LogP contribution in [0.2, 0.25) is 0 Å². The minimum absolute atomic E-state index is 0.251. The van der Waals surface area contributed by atoms with E-state index in [1.165, 1.54) is 5.56 Å². The van der Waals surface area contributed by atoms with Crippen molar-refractivity contribution < 1.29 is 4.79 Å². The first-order valence-corrected chi connectivity index (χ1v) is 6.67. The molecule has 1 fully saturated rings. The van der Waals surface area contributed by atoms with Crippen LogP contribution in [0.4, 0.5) is 11.4 Å². The van der Waals surface area contributed by atoms with Crippen LogP contribution in [0.25, 0.3) is 0 Å². The summed E-state index contributed by atoms with van der Waals surface area (Å²) in [6.45, 7) is 1.96. The van der Waals surface area contributed by atoms with Crippen LogP contribution >= 0.6 is 0 Å². The smallest absolute Gasteiger partial charge is 0.227 e. The van der Waals surface area contributed by atoms with Crippen LogP contribution in [0.15, 0.2) is 18.2 Å². The molecule has 1 unspecified atom stereocenters. The standard InChI is InChI=1S/C14H19N3O/c15-11-4-5-13-10(8-11)3-6-14(18)17(13)12-2-1-7-16-9-12/h4-5,8,12,16H,1-3,6-7,9,15H2. The van der Waals surface area contributed by atoms with Crippen molar-refractivity contribution in [3.8, 4) is 0 Å². The lowest BCUT2D eigenvalue weighted by Crippen LogP contribution is -2.50. The lowest BCUT2D eigenvalue weighted by molar-refractivity contribution is -0.119. The topological polar surface area (TPSA) is 58.4 Å². The number of carbonyl (C=O) groups is 1. The van der Waals surface area contributed by atoms with Crippen LogP contribution in [-0.4, -0.2) is 25.0 Å². The first-order valence-electron chi connectivity index (χ1n) is 6.67. The predicted octanol–water partition coefficient (Wildman–Crippen LogP) is 1.30. The van der Waals surface area contributed by atoms with E-state index in [2.05, 4.69) is 5.32 Å². The van der Waals surface area contributed by atoms with Gasteiger partial charge in [0.25, 0.3) is 0 Å². The van der Waals surface area contributed by atoms with Crippen LogP contribution in [0.1, 0.15) is 24.8 Å². The summed E-state index contributed by atoms with van der Waals surface area (Å²) in [7, 11) is 0. The molecule has 4 heteroatoms. The summed E-state index contributed by atoms with van der Waals surface area (Å²) in [6.07, 6.45) is 3.64. The molecule has 0 spiro atoms. The van der Waals surface area contributed by atoms with E-state index in [9.17, 15) is 4.79 Å². The van der Waals surface area contributed by atoms with Crippen LogP contribution in [0.5, 0.6) is 0 Å². The summed E-state index contributed by atoms with van der Waals surface area (Å²) in [4.78, 5) is 14.2. The van der Waals surface area contributed by atoms with E-state index < -0.39 is 0 Å². The summed E-state index contributed by atoms with van der Waals surface area (Å²) in [5.74, 6) is 0.251. The number of hydrogen-bond acceptors (Lipinski definition) is 3. The minimum atomic E-state index is 0.251. The third-order valence-electron chi connectivity index (χ3n) is 3.88. The quantitative estimate of drug-likeness (QED) is 0.733. The number of benzene rings is 1. The number of aryl methyl sites for hydroxylation is 1. The Bertz CT molecular complexity index is 466. The van der Waals surface area contributed by atoms with Gasteiger partial charge in [-0.3, -0.25) is 4.79 Å². The summed E-state index contributed by atoms with van der Waals surface area (Å²) in [5.41, 5.74) is 8.88. The van der Waals surface area contributed by atoms with E-state index in [1.54, 1.807) is 0 Å². The maximum absolute atomic E-state index is 12.2. The molecule has 0 aromatic heterocycles. The van der Waals surface area contributed by atoms with Gasteiger partial charge in [0.05, 0.1) is 0 Å². The maximum atomic E-state index is 12.2. The molecule has 2 aliphatic heterocycles. The van der Waals surface area contributed by atoms with E-state index in [-0.39, 0.29) is 5.91 Å². The Kier molecular flexibility index (Phi) is 2.96. The zero-order valence-electron chi connectivity index (χ0n) is 10.5. The molecule has 1 aromatic rings. The molecule has 18 heavy (non-hydrogen) atoms. The molecule has 1 saturated heterocycles. The first-order chi connectivity index (χ1) is 8.75. The summed E-state index contributed by atoms with van der Waals surface area (Å²) in [6, 6.07) is 6.19. The third kappa shape index (κ3) is 1.97. The molecule has 96 valence electrons. The summed E-state index contributed by atoms with van der Waals surface area (Å²) >= 11 is 0. The lowest BCUT2D eigenvalue weighted by atomic mass is 9.96. The zero-order chi connectivity index (χ0) is 12.5. The highest BCUT2D eigenvalue weighted by atomic mass is 16.2. The highest BCUT2D eigenvalue weighted by Gasteiger charge is 2.31. The van der Waals surface area contributed by atoms with Gasteiger partial charge in [0.1, 0.15) is 0 Å². The Balaban J connectivity index is 1.95. The number of amides is 1. The van der Waals surface area contributed by atoms with Crippen molar-refractivity contribution in [1.29, 1.82) is 0 Å².